The number of ether oxygens (including phenoxy) is 3. The molecule has 0 unspecified atom stereocenters. The fraction of sp³-hybridized carbons (Fsp3) is 0.400. The Kier molecular flexibility index (Phi) is 4.38. The zero-order chi connectivity index (χ0) is 17.6. The van der Waals surface area contributed by atoms with Crippen molar-refractivity contribution < 1.29 is 14.2 Å². The van der Waals surface area contributed by atoms with Crippen LogP contribution in [-0.4, -0.2) is 20.8 Å². The largest absolute Gasteiger partial charge is 0.493 e. The molecule has 4 rings (SSSR count). The van der Waals surface area contributed by atoms with E-state index in [1.807, 2.05) is 0 Å². The Labute approximate surface area is 156 Å². The van der Waals surface area contributed by atoms with Crippen molar-refractivity contribution in [3.63, 3.8) is 0 Å². The lowest BCUT2D eigenvalue weighted by molar-refractivity contribution is 0.0828. The van der Waals surface area contributed by atoms with E-state index in [0.29, 0.717) is 5.92 Å². The van der Waals surface area contributed by atoms with E-state index in [4.69, 9.17) is 14.2 Å². The maximum Gasteiger partial charge on any atom is 0.174 e. The molecule has 0 aliphatic carbocycles. The van der Waals surface area contributed by atoms with Gasteiger partial charge in [0.2, 0.25) is 0 Å². The van der Waals surface area contributed by atoms with Gasteiger partial charge in [-0.1, -0.05) is 17.7 Å². The normalized spacial score (nSPS) is 24.2. The number of methoxy groups -OCH3 is 2. The molecular formula is C20H22BrNO3. The molecule has 1 saturated heterocycles. The van der Waals surface area contributed by atoms with Crippen LogP contribution in [0.5, 0.6) is 11.5 Å². The van der Waals surface area contributed by atoms with E-state index in [9.17, 15) is 0 Å². The second kappa shape index (κ2) is 6.54. The predicted octanol–water partition coefficient (Wildman–Crippen LogP) is 5.02. The number of fused-ring (bicyclic) bond motifs is 3. The first kappa shape index (κ1) is 16.7. The molecule has 0 amide bonds. The molecule has 5 heteroatoms. The van der Waals surface area contributed by atoms with Gasteiger partial charge in [0.05, 0.1) is 30.8 Å². The van der Waals surface area contributed by atoms with Gasteiger partial charge in [-0.15, -0.1) is 0 Å². The summed E-state index contributed by atoms with van der Waals surface area (Å²) in [5.74, 6) is 1.86. The molecule has 2 aliphatic heterocycles. The molecule has 2 heterocycles. The molecule has 1 fully saturated rings. The third kappa shape index (κ3) is 2.79. The van der Waals surface area contributed by atoms with E-state index in [1.54, 1.807) is 14.2 Å². The third-order valence-corrected chi connectivity index (χ3v) is 5.79. The summed E-state index contributed by atoms with van der Waals surface area (Å²) < 4.78 is 18.0. The highest BCUT2D eigenvalue weighted by atomic mass is 79.9. The predicted molar refractivity (Wildman–Crippen MR) is 102 cm³/mol. The van der Waals surface area contributed by atoms with Crippen molar-refractivity contribution >= 4 is 21.6 Å². The van der Waals surface area contributed by atoms with Crippen LogP contribution in [0.25, 0.3) is 0 Å². The molecule has 2 aromatic carbocycles. The lowest BCUT2D eigenvalue weighted by Crippen LogP contribution is -2.29. The molecule has 3 atom stereocenters. The van der Waals surface area contributed by atoms with Crippen LogP contribution in [0.4, 0.5) is 5.69 Å². The number of rotatable bonds is 3. The Hall–Kier alpha value is -1.72. The van der Waals surface area contributed by atoms with Crippen molar-refractivity contribution in [3.8, 4) is 11.5 Å². The number of aryl methyl sites for hydroxylation is 1. The van der Waals surface area contributed by atoms with E-state index in [0.717, 1.165) is 34.7 Å². The quantitative estimate of drug-likeness (QED) is 0.780. The highest BCUT2D eigenvalue weighted by Crippen LogP contribution is 2.51. The molecule has 132 valence electrons. The lowest BCUT2D eigenvalue weighted by atomic mass is 9.80. The van der Waals surface area contributed by atoms with Crippen LogP contribution >= 0.6 is 15.9 Å². The van der Waals surface area contributed by atoms with Gasteiger partial charge in [-0.3, -0.25) is 0 Å². The molecule has 0 radical (unpaired) electrons. The zero-order valence-corrected chi connectivity index (χ0v) is 16.2. The number of anilines is 1. The second-order valence-electron chi connectivity index (χ2n) is 6.69. The Bertz CT molecular complexity index is 808. The minimum absolute atomic E-state index is 0.146. The van der Waals surface area contributed by atoms with Crippen LogP contribution < -0.4 is 14.8 Å². The van der Waals surface area contributed by atoms with Crippen LogP contribution in [0.1, 0.15) is 35.3 Å². The molecule has 25 heavy (non-hydrogen) atoms. The summed E-state index contributed by atoms with van der Waals surface area (Å²) in [7, 11) is 3.32. The van der Waals surface area contributed by atoms with Gasteiger partial charge in [0.15, 0.2) is 11.5 Å². The van der Waals surface area contributed by atoms with Gasteiger partial charge in [0.25, 0.3) is 0 Å². The van der Waals surface area contributed by atoms with Crippen molar-refractivity contribution in [1.29, 1.82) is 0 Å². The summed E-state index contributed by atoms with van der Waals surface area (Å²) in [5, 5.41) is 3.73. The Morgan fingerprint density at radius 3 is 2.76 bits per heavy atom. The average molecular weight is 404 g/mol. The summed E-state index contributed by atoms with van der Waals surface area (Å²) >= 11 is 3.62. The van der Waals surface area contributed by atoms with Crippen LogP contribution in [0.3, 0.4) is 0 Å². The van der Waals surface area contributed by atoms with Gasteiger partial charge in [-0.2, -0.15) is 0 Å². The van der Waals surface area contributed by atoms with E-state index < -0.39 is 0 Å². The monoisotopic (exact) mass is 403 g/mol. The Morgan fingerprint density at radius 1 is 1.16 bits per heavy atom. The summed E-state index contributed by atoms with van der Waals surface area (Å²) in [4.78, 5) is 0. The van der Waals surface area contributed by atoms with Crippen molar-refractivity contribution in [2.75, 3.05) is 26.1 Å². The van der Waals surface area contributed by atoms with Crippen molar-refractivity contribution in [2.45, 2.75) is 25.5 Å². The summed E-state index contributed by atoms with van der Waals surface area (Å²) in [5.41, 5.74) is 4.88. The Balaban J connectivity index is 1.78. The summed E-state index contributed by atoms with van der Waals surface area (Å²) in [6, 6.07) is 10.9. The van der Waals surface area contributed by atoms with Gasteiger partial charge in [0, 0.05) is 23.8 Å². The first-order valence-corrected chi connectivity index (χ1v) is 9.31. The molecule has 1 N–H and O–H groups in total. The molecule has 4 nitrogen and oxygen atoms in total. The summed E-state index contributed by atoms with van der Waals surface area (Å²) in [6.45, 7) is 2.93. The van der Waals surface area contributed by atoms with Gasteiger partial charge in [0.1, 0.15) is 0 Å². The molecule has 0 saturated carbocycles. The summed E-state index contributed by atoms with van der Waals surface area (Å²) in [6.07, 6.45) is 1.19. The molecule has 0 bridgehead atoms. The third-order valence-electron chi connectivity index (χ3n) is 5.21. The fourth-order valence-corrected chi connectivity index (χ4v) is 4.66. The van der Waals surface area contributed by atoms with E-state index >= 15 is 0 Å². The number of halogens is 1. The molecule has 2 aromatic rings. The number of benzene rings is 2. The number of hydrogen-bond donors (Lipinski definition) is 1. The van der Waals surface area contributed by atoms with Crippen molar-refractivity contribution in [3.05, 3.63) is 51.5 Å². The highest BCUT2D eigenvalue weighted by molar-refractivity contribution is 9.10. The topological polar surface area (TPSA) is 39.7 Å². The highest BCUT2D eigenvalue weighted by Gasteiger charge is 2.41. The molecule has 0 spiro atoms. The first-order valence-electron chi connectivity index (χ1n) is 8.52. The fourth-order valence-electron chi connectivity index (χ4n) is 4.04. The zero-order valence-electron chi connectivity index (χ0n) is 14.6. The standard InChI is InChI=1S/C20H22BrNO3/c1-11-4-5-16-14(8-11)19-13(6-7-25-19)18(22-16)12-9-15(21)20(24-3)17(10-12)23-2/h4-5,8-10,13,18-19,22H,6-7H2,1-3H3/t13-,18+,19-/m1/s1. The molecule has 0 aromatic heterocycles. The van der Waals surface area contributed by atoms with E-state index in [-0.39, 0.29) is 12.1 Å². The van der Waals surface area contributed by atoms with Crippen LogP contribution in [-0.2, 0) is 4.74 Å². The minimum atomic E-state index is 0.146. The van der Waals surface area contributed by atoms with Crippen molar-refractivity contribution in [1.82, 2.24) is 0 Å². The SMILES string of the molecule is COc1cc([C@@H]2Nc3ccc(C)cc3[C@@H]3OCC[C@H]23)cc(Br)c1OC. The van der Waals surface area contributed by atoms with Gasteiger partial charge in [-0.05, 0) is 53.0 Å². The first-order chi connectivity index (χ1) is 12.1. The Morgan fingerprint density at radius 2 is 2.00 bits per heavy atom. The lowest BCUT2D eigenvalue weighted by Gasteiger charge is -2.37. The average Bonchev–Trinajstić information content (AvgIpc) is 3.10. The van der Waals surface area contributed by atoms with E-state index in [2.05, 4.69) is 58.5 Å². The molecule has 2 aliphatic rings. The maximum atomic E-state index is 6.11. The smallest absolute Gasteiger partial charge is 0.174 e. The second-order valence-corrected chi connectivity index (χ2v) is 7.55. The minimum Gasteiger partial charge on any atom is -0.493 e. The van der Waals surface area contributed by atoms with Crippen LogP contribution in [0.2, 0.25) is 0 Å². The number of hydrogen-bond acceptors (Lipinski definition) is 4. The van der Waals surface area contributed by atoms with Gasteiger partial charge in [-0.25, -0.2) is 0 Å². The number of nitrogens with one attached hydrogen (secondary N) is 1. The molecular weight excluding hydrogens is 382 g/mol. The van der Waals surface area contributed by atoms with E-state index in [1.165, 1.54) is 16.7 Å². The van der Waals surface area contributed by atoms with Crippen LogP contribution in [0.15, 0.2) is 34.8 Å². The maximum absolute atomic E-state index is 6.11. The van der Waals surface area contributed by atoms with Gasteiger partial charge >= 0.3 is 0 Å². The van der Waals surface area contributed by atoms with Gasteiger partial charge < -0.3 is 19.5 Å². The van der Waals surface area contributed by atoms with Crippen molar-refractivity contribution in [2.24, 2.45) is 5.92 Å². The van der Waals surface area contributed by atoms with Crippen LogP contribution in [0, 0.1) is 12.8 Å².